The van der Waals surface area contributed by atoms with Gasteiger partial charge in [0.15, 0.2) is 0 Å². The van der Waals surface area contributed by atoms with Gasteiger partial charge < -0.3 is 5.32 Å². The number of rotatable bonds is 4. The van der Waals surface area contributed by atoms with Crippen molar-refractivity contribution in [1.82, 2.24) is 15.1 Å². The molecule has 0 bridgehead atoms. The van der Waals surface area contributed by atoms with Gasteiger partial charge in [0.25, 0.3) is 0 Å². The maximum atomic E-state index is 4.56. The Hall–Kier alpha value is -1.61. The summed E-state index contributed by atoms with van der Waals surface area (Å²) < 4.78 is 1.88. The molecule has 94 valence electrons. The van der Waals surface area contributed by atoms with Crippen LogP contribution in [0.1, 0.15) is 35.7 Å². The molecule has 3 nitrogen and oxygen atoms in total. The van der Waals surface area contributed by atoms with Crippen LogP contribution in [0.2, 0.25) is 0 Å². The van der Waals surface area contributed by atoms with E-state index in [1.165, 1.54) is 11.1 Å². The van der Waals surface area contributed by atoms with Crippen molar-refractivity contribution in [2.75, 3.05) is 6.54 Å². The molecule has 1 aliphatic rings. The quantitative estimate of drug-likeness (QED) is 0.891. The second-order valence-corrected chi connectivity index (χ2v) is 4.96. The van der Waals surface area contributed by atoms with Gasteiger partial charge in [-0.25, -0.2) is 0 Å². The average Bonchev–Trinajstić information content (AvgIpc) is 2.76. The summed E-state index contributed by atoms with van der Waals surface area (Å²) in [5, 5.41) is 8.14. The second kappa shape index (κ2) is 4.58. The molecule has 1 aromatic heterocycles. The van der Waals surface area contributed by atoms with Crippen LogP contribution in [-0.2, 0) is 13.5 Å². The maximum absolute atomic E-state index is 4.56. The normalized spacial score (nSPS) is 19.1. The lowest BCUT2D eigenvalue weighted by Crippen LogP contribution is -2.33. The van der Waals surface area contributed by atoms with E-state index < -0.39 is 0 Å². The molecular formula is C15H19N3. The number of hydrogen-bond donors (Lipinski definition) is 1. The Labute approximate surface area is 108 Å². The third kappa shape index (κ3) is 1.85. The van der Waals surface area contributed by atoms with Crippen LogP contribution in [0.25, 0.3) is 0 Å². The van der Waals surface area contributed by atoms with Crippen molar-refractivity contribution in [1.29, 1.82) is 0 Å². The molecule has 0 spiro atoms. The fraction of sp³-hybridized carbons (Fsp3) is 0.400. The van der Waals surface area contributed by atoms with E-state index in [1.54, 1.807) is 0 Å². The molecule has 2 atom stereocenters. The maximum Gasteiger partial charge on any atom is 0.0800 e. The Morgan fingerprint density at radius 1 is 1.39 bits per heavy atom. The van der Waals surface area contributed by atoms with Crippen molar-refractivity contribution in [2.24, 2.45) is 7.05 Å². The highest BCUT2D eigenvalue weighted by Crippen LogP contribution is 2.42. The lowest BCUT2D eigenvalue weighted by atomic mass is 9.72. The van der Waals surface area contributed by atoms with Crippen LogP contribution < -0.4 is 5.32 Å². The van der Waals surface area contributed by atoms with Gasteiger partial charge in [0.2, 0.25) is 0 Å². The third-order valence-electron chi connectivity index (χ3n) is 3.77. The molecule has 1 aromatic carbocycles. The summed E-state index contributed by atoms with van der Waals surface area (Å²) in [6.07, 6.45) is 3.18. The molecule has 1 N–H and O–H groups in total. The minimum absolute atomic E-state index is 0.339. The van der Waals surface area contributed by atoms with E-state index in [0.717, 1.165) is 18.7 Å². The Morgan fingerprint density at radius 3 is 2.89 bits per heavy atom. The summed E-state index contributed by atoms with van der Waals surface area (Å²) in [5.41, 5.74) is 4.12. The van der Waals surface area contributed by atoms with Crippen LogP contribution >= 0.6 is 0 Å². The molecule has 0 radical (unpaired) electrons. The lowest BCUT2D eigenvalue weighted by Gasteiger charge is -2.36. The fourth-order valence-corrected chi connectivity index (χ4v) is 2.87. The SMILES string of the molecule is CCNC(c1ccn(C)n1)C1Cc2ccccc21. The summed E-state index contributed by atoms with van der Waals surface area (Å²) in [5.74, 6) is 0.566. The van der Waals surface area contributed by atoms with Crippen LogP contribution in [0.15, 0.2) is 36.5 Å². The van der Waals surface area contributed by atoms with E-state index in [9.17, 15) is 0 Å². The summed E-state index contributed by atoms with van der Waals surface area (Å²) in [6, 6.07) is 11.2. The minimum atomic E-state index is 0.339. The fourth-order valence-electron chi connectivity index (χ4n) is 2.87. The predicted molar refractivity (Wildman–Crippen MR) is 72.5 cm³/mol. The van der Waals surface area contributed by atoms with Gasteiger partial charge >= 0.3 is 0 Å². The van der Waals surface area contributed by atoms with Crippen LogP contribution in [0.4, 0.5) is 0 Å². The number of benzene rings is 1. The van der Waals surface area contributed by atoms with Gasteiger partial charge in [-0.1, -0.05) is 31.2 Å². The summed E-state index contributed by atoms with van der Waals surface area (Å²) >= 11 is 0. The van der Waals surface area contributed by atoms with Crippen molar-refractivity contribution >= 4 is 0 Å². The van der Waals surface area contributed by atoms with E-state index in [-0.39, 0.29) is 0 Å². The molecule has 3 heteroatoms. The Kier molecular flexibility index (Phi) is 2.92. The number of nitrogens with zero attached hydrogens (tertiary/aromatic N) is 2. The summed E-state index contributed by atoms with van der Waals surface area (Å²) in [4.78, 5) is 0. The van der Waals surface area contributed by atoms with Crippen LogP contribution in [0.3, 0.4) is 0 Å². The van der Waals surface area contributed by atoms with Crippen molar-refractivity contribution in [3.8, 4) is 0 Å². The molecule has 0 amide bonds. The van der Waals surface area contributed by atoms with Crippen molar-refractivity contribution in [2.45, 2.75) is 25.3 Å². The number of hydrogen-bond acceptors (Lipinski definition) is 2. The van der Waals surface area contributed by atoms with E-state index in [0.29, 0.717) is 12.0 Å². The Morgan fingerprint density at radius 2 is 2.22 bits per heavy atom. The van der Waals surface area contributed by atoms with Gasteiger partial charge in [0.05, 0.1) is 11.7 Å². The Balaban J connectivity index is 1.89. The monoisotopic (exact) mass is 241 g/mol. The van der Waals surface area contributed by atoms with Gasteiger partial charge in [0, 0.05) is 19.2 Å². The number of nitrogens with one attached hydrogen (secondary N) is 1. The molecule has 0 fully saturated rings. The summed E-state index contributed by atoms with van der Waals surface area (Å²) in [7, 11) is 1.97. The van der Waals surface area contributed by atoms with Crippen molar-refractivity contribution in [3.63, 3.8) is 0 Å². The van der Waals surface area contributed by atoms with Crippen LogP contribution in [0, 0.1) is 0 Å². The van der Waals surface area contributed by atoms with Gasteiger partial charge in [-0.15, -0.1) is 0 Å². The highest BCUT2D eigenvalue weighted by Gasteiger charge is 2.34. The zero-order chi connectivity index (χ0) is 12.5. The molecule has 3 rings (SSSR count). The van der Waals surface area contributed by atoms with Gasteiger partial charge in [0.1, 0.15) is 0 Å². The first-order valence-electron chi connectivity index (χ1n) is 6.60. The molecular weight excluding hydrogens is 222 g/mol. The predicted octanol–water partition coefficient (Wildman–Crippen LogP) is 2.41. The van der Waals surface area contributed by atoms with Crippen molar-refractivity contribution < 1.29 is 0 Å². The smallest absolute Gasteiger partial charge is 0.0800 e. The van der Waals surface area contributed by atoms with Crippen molar-refractivity contribution in [3.05, 3.63) is 53.3 Å². The first kappa shape index (κ1) is 11.5. The highest BCUT2D eigenvalue weighted by atomic mass is 15.3. The van der Waals surface area contributed by atoms with Crippen LogP contribution in [0.5, 0.6) is 0 Å². The van der Waals surface area contributed by atoms with Gasteiger partial charge in [-0.2, -0.15) is 5.10 Å². The highest BCUT2D eigenvalue weighted by molar-refractivity contribution is 5.42. The molecule has 2 unspecified atom stereocenters. The topological polar surface area (TPSA) is 29.9 Å². The number of fused-ring (bicyclic) bond motifs is 1. The molecule has 1 aliphatic carbocycles. The minimum Gasteiger partial charge on any atom is -0.308 e. The van der Waals surface area contributed by atoms with E-state index in [2.05, 4.69) is 47.7 Å². The first-order valence-corrected chi connectivity index (χ1v) is 6.60. The van der Waals surface area contributed by atoms with E-state index in [4.69, 9.17) is 0 Å². The number of aryl methyl sites for hydroxylation is 1. The first-order chi connectivity index (χ1) is 8.79. The standard InChI is InChI=1S/C15H19N3/c1-3-16-15(14-8-9-18(2)17-14)13-10-11-6-4-5-7-12(11)13/h4-9,13,15-16H,3,10H2,1-2H3. The lowest BCUT2D eigenvalue weighted by molar-refractivity contribution is 0.408. The average molecular weight is 241 g/mol. The largest absolute Gasteiger partial charge is 0.308 e. The zero-order valence-corrected chi connectivity index (χ0v) is 10.9. The van der Waals surface area contributed by atoms with Gasteiger partial charge in [-0.3, -0.25) is 4.68 Å². The molecule has 18 heavy (non-hydrogen) atoms. The molecule has 0 saturated heterocycles. The molecule has 0 saturated carbocycles. The van der Waals surface area contributed by atoms with E-state index >= 15 is 0 Å². The van der Waals surface area contributed by atoms with E-state index in [1.807, 2.05) is 17.9 Å². The van der Waals surface area contributed by atoms with Crippen LogP contribution in [-0.4, -0.2) is 16.3 Å². The second-order valence-electron chi connectivity index (χ2n) is 4.96. The summed E-state index contributed by atoms with van der Waals surface area (Å²) in [6.45, 7) is 3.13. The van der Waals surface area contributed by atoms with Gasteiger partial charge in [-0.05, 0) is 30.2 Å². The number of aromatic nitrogens is 2. The molecule has 1 heterocycles. The zero-order valence-electron chi connectivity index (χ0n) is 10.9. The molecule has 2 aromatic rings. The molecule has 0 aliphatic heterocycles. The third-order valence-corrected chi connectivity index (χ3v) is 3.77. The number of likely N-dealkylation sites (N-methyl/N-ethyl adjacent to an activating group) is 1. The Bertz CT molecular complexity index is 544.